The molecule has 1 aromatic heterocycles. The van der Waals surface area contributed by atoms with Gasteiger partial charge in [0.05, 0.1) is 5.69 Å². The van der Waals surface area contributed by atoms with Crippen molar-refractivity contribution in [2.75, 3.05) is 32.7 Å². The minimum Gasteiger partial charge on any atom is -0.335 e. The number of hydrogen-bond donors (Lipinski definition) is 0. The summed E-state index contributed by atoms with van der Waals surface area (Å²) in [6, 6.07) is 9.42. The Kier molecular flexibility index (Phi) is 4.68. The third kappa shape index (κ3) is 3.41. The lowest BCUT2D eigenvalue weighted by atomic mass is 10.1. The maximum absolute atomic E-state index is 12.7. The lowest BCUT2D eigenvalue weighted by Gasteiger charge is -2.33. The summed E-state index contributed by atoms with van der Waals surface area (Å²) in [4.78, 5) is 16.9. The van der Waals surface area contributed by atoms with E-state index in [0.717, 1.165) is 44.0 Å². The van der Waals surface area contributed by atoms with Crippen LogP contribution in [0.15, 0.2) is 30.3 Å². The lowest BCUT2D eigenvalue weighted by molar-refractivity contribution is 0.0637. The second-order valence-corrected chi connectivity index (χ2v) is 6.21. The second-order valence-electron chi connectivity index (χ2n) is 5.77. The number of aromatic nitrogens is 2. The Balaban J connectivity index is 1.78. The van der Waals surface area contributed by atoms with Crippen molar-refractivity contribution in [1.82, 2.24) is 19.6 Å². The summed E-state index contributed by atoms with van der Waals surface area (Å²) < 4.78 is 1.75. The highest BCUT2D eigenvalue weighted by atomic mass is 35.5. The summed E-state index contributed by atoms with van der Waals surface area (Å²) >= 11 is 5.93. The molecule has 0 unspecified atom stereocenters. The van der Waals surface area contributed by atoms with Crippen LogP contribution in [0, 0.1) is 0 Å². The molecule has 6 heteroatoms. The maximum Gasteiger partial charge on any atom is 0.274 e. The van der Waals surface area contributed by atoms with E-state index in [9.17, 15) is 4.79 Å². The first-order valence-electron chi connectivity index (χ1n) is 7.90. The van der Waals surface area contributed by atoms with E-state index in [1.165, 1.54) is 0 Å². The molecule has 122 valence electrons. The van der Waals surface area contributed by atoms with E-state index in [0.29, 0.717) is 10.7 Å². The highest BCUT2D eigenvalue weighted by Crippen LogP contribution is 2.22. The number of likely N-dealkylation sites (N-methyl/N-ethyl adjacent to an activating group) is 1. The van der Waals surface area contributed by atoms with Gasteiger partial charge in [-0.2, -0.15) is 5.10 Å². The van der Waals surface area contributed by atoms with Crippen LogP contribution < -0.4 is 0 Å². The average Bonchev–Trinajstić information content (AvgIpc) is 2.97. The fourth-order valence-corrected chi connectivity index (χ4v) is 3.02. The highest BCUT2D eigenvalue weighted by Gasteiger charge is 2.24. The third-order valence-electron chi connectivity index (χ3n) is 4.35. The van der Waals surface area contributed by atoms with Gasteiger partial charge in [0.2, 0.25) is 0 Å². The number of benzene rings is 1. The molecule has 0 bridgehead atoms. The maximum atomic E-state index is 12.7. The van der Waals surface area contributed by atoms with E-state index in [4.69, 9.17) is 11.6 Å². The zero-order valence-corrected chi connectivity index (χ0v) is 14.3. The molecule has 5 nitrogen and oxygen atoms in total. The van der Waals surface area contributed by atoms with E-state index in [1.54, 1.807) is 4.68 Å². The highest BCUT2D eigenvalue weighted by molar-refractivity contribution is 6.30. The number of nitrogens with zero attached hydrogens (tertiary/aromatic N) is 4. The number of aryl methyl sites for hydroxylation is 1. The predicted molar refractivity (Wildman–Crippen MR) is 91.7 cm³/mol. The largest absolute Gasteiger partial charge is 0.335 e. The van der Waals surface area contributed by atoms with Crippen molar-refractivity contribution in [2.45, 2.75) is 6.92 Å². The minimum atomic E-state index is 0.0107. The molecule has 1 fully saturated rings. The van der Waals surface area contributed by atoms with Gasteiger partial charge in [-0.05, 0) is 30.3 Å². The first kappa shape index (κ1) is 16.0. The number of rotatable bonds is 3. The van der Waals surface area contributed by atoms with Gasteiger partial charge in [0.15, 0.2) is 5.69 Å². The fourth-order valence-electron chi connectivity index (χ4n) is 2.89. The van der Waals surface area contributed by atoms with E-state index in [2.05, 4.69) is 16.9 Å². The van der Waals surface area contributed by atoms with E-state index >= 15 is 0 Å². The van der Waals surface area contributed by atoms with E-state index in [1.807, 2.05) is 42.3 Å². The van der Waals surface area contributed by atoms with Crippen LogP contribution in [-0.4, -0.2) is 58.2 Å². The standard InChI is InChI=1S/C17H21ClN4O/c1-3-21-8-10-22(11-9-21)17(23)15-12-16(20(2)19-15)13-4-6-14(18)7-5-13/h4-7,12H,3,8-11H2,1-2H3. The smallest absolute Gasteiger partial charge is 0.274 e. The van der Waals surface area contributed by atoms with Crippen molar-refractivity contribution in [2.24, 2.45) is 7.05 Å². The number of piperazine rings is 1. The van der Waals surface area contributed by atoms with Crippen LogP contribution in [0.2, 0.25) is 5.02 Å². The normalized spacial score (nSPS) is 15.9. The van der Waals surface area contributed by atoms with Gasteiger partial charge in [-0.25, -0.2) is 0 Å². The number of halogens is 1. The fraction of sp³-hybridized carbons (Fsp3) is 0.412. The molecule has 23 heavy (non-hydrogen) atoms. The SMILES string of the molecule is CCN1CCN(C(=O)c2cc(-c3ccc(Cl)cc3)n(C)n2)CC1. The van der Waals surface area contributed by atoms with Gasteiger partial charge in [-0.15, -0.1) is 0 Å². The van der Waals surface area contributed by atoms with Crippen LogP contribution in [0.5, 0.6) is 0 Å². The summed E-state index contributed by atoms with van der Waals surface area (Å²) in [5.74, 6) is 0.0107. The molecule has 3 rings (SSSR count). The molecule has 2 aromatic rings. The van der Waals surface area contributed by atoms with Crippen molar-refractivity contribution in [3.8, 4) is 11.3 Å². The molecule has 0 N–H and O–H groups in total. The van der Waals surface area contributed by atoms with Gasteiger partial charge < -0.3 is 9.80 Å². The zero-order chi connectivity index (χ0) is 16.4. The van der Waals surface area contributed by atoms with Gasteiger partial charge in [0.1, 0.15) is 0 Å². The van der Waals surface area contributed by atoms with Crippen LogP contribution in [0.3, 0.4) is 0 Å². The topological polar surface area (TPSA) is 41.4 Å². The summed E-state index contributed by atoms with van der Waals surface area (Å²) in [6.45, 7) is 6.57. The quantitative estimate of drug-likeness (QED) is 0.867. The molecule has 0 atom stereocenters. The Morgan fingerprint density at radius 1 is 1.17 bits per heavy atom. The van der Waals surface area contributed by atoms with Crippen molar-refractivity contribution in [1.29, 1.82) is 0 Å². The van der Waals surface area contributed by atoms with E-state index in [-0.39, 0.29) is 5.91 Å². The van der Waals surface area contributed by atoms with Crippen molar-refractivity contribution < 1.29 is 4.79 Å². The van der Waals surface area contributed by atoms with Crippen molar-refractivity contribution in [3.63, 3.8) is 0 Å². The van der Waals surface area contributed by atoms with Gasteiger partial charge >= 0.3 is 0 Å². The molecular formula is C17H21ClN4O. The summed E-state index contributed by atoms with van der Waals surface area (Å²) in [7, 11) is 1.86. The number of carbonyl (C=O) groups is 1. The molecule has 1 aromatic carbocycles. The van der Waals surface area contributed by atoms with Crippen molar-refractivity contribution >= 4 is 17.5 Å². The Morgan fingerprint density at radius 2 is 1.83 bits per heavy atom. The average molecular weight is 333 g/mol. The molecule has 1 aliphatic rings. The minimum absolute atomic E-state index is 0.0107. The summed E-state index contributed by atoms with van der Waals surface area (Å²) in [5, 5.41) is 5.10. The molecule has 0 radical (unpaired) electrons. The van der Waals surface area contributed by atoms with Crippen LogP contribution in [0.4, 0.5) is 0 Å². The summed E-state index contributed by atoms with van der Waals surface area (Å²) in [5.41, 5.74) is 2.42. The molecule has 0 spiro atoms. The molecule has 0 saturated carbocycles. The summed E-state index contributed by atoms with van der Waals surface area (Å²) in [6.07, 6.45) is 0. The number of amides is 1. The van der Waals surface area contributed by atoms with Crippen LogP contribution in [0.1, 0.15) is 17.4 Å². The van der Waals surface area contributed by atoms with Crippen LogP contribution in [-0.2, 0) is 7.05 Å². The van der Waals surface area contributed by atoms with Crippen molar-refractivity contribution in [3.05, 3.63) is 41.0 Å². The zero-order valence-electron chi connectivity index (χ0n) is 13.5. The second kappa shape index (κ2) is 6.72. The van der Waals surface area contributed by atoms with Gasteiger partial charge in [-0.1, -0.05) is 30.7 Å². The third-order valence-corrected chi connectivity index (χ3v) is 4.60. The Labute approximate surface area is 141 Å². The van der Waals surface area contributed by atoms with Gasteiger partial charge in [-0.3, -0.25) is 9.48 Å². The van der Waals surface area contributed by atoms with Crippen LogP contribution >= 0.6 is 11.6 Å². The van der Waals surface area contributed by atoms with Gasteiger partial charge in [0.25, 0.3) is 5.91 Å². The molecule has 1 aliphatic heterocycles. The first-order chi connectivity index (χ1) is 11.1. The molecular weight excluding hydrogens is 312 g/mol. The Bertz CT molecular complexity index is 687. The molecule has 0 aliphatic carbocycles. The first-order valence-corrected chi connectivity index (χ1v) is 8.28. The number of carbonyl (C=O) groups excluding carboxylic acids is 1. The Hall–Kier alpha value is -1.85. The molecule has 1 saturated heterocycles. The molecule has 2 heterocycles. The van der Waals surface area contributed by atoms with Crippen LogP contribution in [0.25, 0.3) is 11.3 Å². The van der Waals surface area contributed by atoms with Gasteiger partial charge in [0, 0.05) is 38.2 Å². The lowest BCUT2D eigenvalue weighted by Crippen LogP contribution is -2.48. The number of hydrogen-bond acceptors (Lipinski definition) is 3. The monoisotopic (exact) mass is 332 g/mol. The Morgan fingerprint density at radius 3 is 2.43 bits per heavy atom. The molecule has 1 amide bonds. The predicted octanol–water partition coefficient (Wildman–Crippen LogP) is 2.52. The van der Waals surface area contributed by atoms with E-state index < -0.39 is 0 Å².